The van der Waals surface area contributed by atoms with Gasteiger partial charge in [0.05, 0.1) is 0 Å². The number of alkyl halides is 2. The number of hydrogen-bond donors (Lipinski definition) is 1. The summed E-state index contributed by atoms with van der Waals surface area (Å²) in [6.45, 7) is 0. The van der Waals surface area contributed by atoms with Crippen LogP contribution >= 0.6 is 35.6 Å². The van der Waals surface area contributed by atoms with Gasteiger partial charge in [-0.2, -0.15) is 0 Å². The Bertz CT molecular complexity index is 48.1. The highest BCUT2D eigenvalue weighted by atomic mass is 35.5. The molecule has 1 aliphatic rings. The fourth-order valence-corrected chi connectivity index (χ4v) is 0.283. The molecule has 0 radical (unpaired) electrons. The van der Waals surface area contributed by atoms with Gasteiger partial charge in [0.1, 0.15) is 4.33 Å². The van der Waals surface area contributed by atoms with Crippen LogP contribution in [-0.2, 0) is 0 Å². The van der Waals surface area contributed by atoms with Crippen LogP contribution in [0.4, 0.5) is 0 Å². The van der Waals surface area contributed by atoms with Gasteiger partial charge < -0.3 is 6.15 Å². The van der Waals surface area contributed by atoms with E-state index >= 15 is 0 Å². The van der Waals surface area contributed by atoms with Gasteiger partial charge in [0.2, 0.25) is 0 Å². The maximum atomic E-state index is 5.41. The van der Waals surface area contributed by atoms with Gasteiger partial charge in [-0.05, 0) is 12.8 Å². The SMILES string of the molecule is Cl.ClC1(Cl)CC1.N. The minimum atomic E-state index is -0.306. The zero-order chi connectivity index (χ0) is 3.91. The lowest BCUT2D eigenvalue weighted by atomic mass is 11.0. The molecule has 0 amide bonds. The summed E-state index contributed by atoms with van der Waals surface area (Å²) in [6.07, 6.45) is 1.96. The summed E-state index contributed by atoms with van der Waals surface area (Å²) in [5, 5.41) is 0. The van der Waals surface area contributed by atoms with Crippen LogP contribution in [0, 0.1) is 0 Å². The zero-order valence-corrected chi connectivity index (χ0v) is 6.11. The number of hydrogen-bond acceptors (Lipinski definition) is 1. The van der Waals surface area contributed by atoms with Crippen molar-refractivity contribution >= 4 is 35.6 Å². The molecule has 0 aromatic heterocycles. The van der Waals surface area contributed by atoms with Crippen molar-refractivity contribution in [1.82, 2.24) is 6.15 Å². The standard InChI is InChI=1S/C3H4Cl2.ClH.H3N/c4-3(5)1-2-3;;/h1-2H2;1H;1H3. The lowest BCUT2D eigenvalue weighted by Gasteiger charge is -1.79. The molecule has 0 saturated heterocycles. The first-order valence-corrected chi connectivity index (χ1v) is 2.34. The van der Waals surface area contributed by atoms with Gasteiger partial charge in [-0.3, -0.25) is 0 Å². The normalized spacial score (nSPS) is 21.4. The van der Waals surface area contributed by atoms with Crippen LogP contribution in [0.2, 0.25) is 0 Å². The van der Waals surface area contributed by atoms with Crippen LogP contribution in [0.3, 0.4) is 0 Å². The molecule has 0 aromatic rings. The molecular formula is C3H8Cl3N. The van der Waals surface area contributed by atoms with Crippen molar-refractivity contribution < 1.29 is 0 Å². The average Bonchev–Trinajstić information content (AvgIpc) is 1.76. The molecule has 3 N–H and O–H groups in total. The van der Waals surface area contributed by atoms with Crippen molar-refractivity contribution in [2.24, 2.45) is 0 Å². The van der Waals surface area contributed by atoms with Crippen molar-refractivity contribution in [2.45, 2.75) is 17.2 Å². The molecule has 0 aromatic carbocycles. The monoisotopic (exact) mass is 163 g/mol. The second kappa shape index (κ2) is 2.98. The molecule has 1 rings (SSSR count). The van der Waals surface area contributed by atoms with E-state index in [4.69, 9.17) is 23.2 Å². The lowest BCUT2D eigenvalue weighted by molar-refractivity contribution is 1.36. The molecule has 0 spiro atoms. The van der Waals surface area contributed by atoms with Crippen molar-refractivity contribution in [3.8, 4) is 0 Å². The van der Waals surface area contributed by atoms with E-state index in [-0.39, 0.29) is 22.9 Å². The predicted molar refractivity (Wildman–Crippen MR) is 35.9 cm³/mol. The molecule has 1 fully saturated rings. The largest absolute Gasteiger partial charge is 0.344 e. The van der Waals surface area contributed by atoms with E-state index < -0.39 is 0 Å². The Kier molecular flexibility index (Phi) is 4.57. The Balaban J connectivity index is 0. The Morgan fingerprint density at radius 3 is 1.29 bits per heavy atom. The first-order valence-electron chi connectivity index (χ1n) is 1.59. The minimum absolute atomic E-state index is 0. The van der Waals surface area contributed by atoms with Crippen LogP contribution in [0.5, 0.6) is 0 Å². The van der Waals surface area contributed by atoms with Gasteiger partial charge in [-0.15, -0.1) is 35.6 Å². The van der Waals surface area contributed by atoms with Crippen molar-refractivity contribution in [3.05, 3.63) is 0 Å². The van der Waals surface area contributed by atoms with E-state index in [1.165, 1.54) is 0 Å². The third-order valence-electron chi connectivity index (χ3n) is 0.628. The van der Waals surface area contributed by atoms with E-state index in [2.05, 4.69) is 0 Å². The molecule has 0 bridgehead atoms. The lowest BCUT2D eigenvalue weighted by Crippen LogP contribution is -1.73. The fourth-order valence-electron chi connectivity index (χ4n) is 0.0945. The first kappa shape index (κ1) is 10.7. The van der Waals surface area contributed by atoms with Gasteiger partial charge in [0.25, 0.3) is 0 Å². The Hall–Kier alpha value is 0.830. The van der Waals surface area contributed by atoms with Crippen molar-refractivity contribution in [2.75, 3.05) is 0 Å². The molecule has 1 aliphatic carbocycles. The van der Waals surface area contributed by atoms with Crippen molar-refractivity contribution in [1.29, 1.82) is 0 Å². The Morgan fingerprint density at radius 1 is 1.14 bits per heavy atom. The van der Waals surface area contributed by atoms with Crippen LogP contribution in [-0.4, -0.2) is 4.33 Å². The number of rotatable bonds is 0. The predicted octanol–water partition coefficient (Wildman–Crippen LogP) is 2.54. The fraction of sp³-hybridized carbons (Fsp3) is 1.00. The van der Waals surface area contributed by atoms with Gasteiger partial charge >= 0.3 is 0 Å². The molecule has 0 atom stereocenters. The molecule has 1 saturated carbocycles. The smallest absolute Gasteiger partial charge is 0.118 e. The topological polar surface area (TPSA) is 35.0 Å². The second-order valence-electron chi connectivity index (χ2n) is 1.36. The summed E-state index contributed by atoms with van der Waals surface area (Å²) in [7, 11) is 0. The number of halogens is 3. The summed E-state index contributed by atoms with van der Waals surface area (Å²) in [5.74, 6) is 0. The molecule has 0 unspecified atom stereocenters. The maximum absolute atomic E-state index is 5.41. The summed E-state index contributed by atoms with van der Waals surface area (Å²) in [4.78, 5) is 0. The highest BCUT2D eigenvalue weighted by Crippen LogP contribution is 2.46. The molecule has 0 aliphatic heterocycles. The third-order valence-corrected chi connectivity index (χ3v) is 1.38. The molecule has 0 heterocycles. The van der Waals surface area contributed by atoms with Gasteiger partial charge in [0, 0.05) is 0 Å². The van der Waals surface area contributed by atoms with Gasteiger partial charge in [0.15, 0.2) is 0 Å². The van der Waals surface area contributed by atoms with E-state index in [1.807, 2.05) is 0 Å². The third kappa shape index (κ3) is 4.69. The van der Waals surface area contributed by atoms with E-state index in [9.17, 15) is 0 Å². The average molecular weight is 164 g/mol. The zero-order valence-electron chi connectivity index (χ0n) is 3.79. The Morgan fingerprint density at radius 2 is 1.29 bits per heavy atom. The van der Waals surface area contributed by atoms with E-state index in [1.54, 1.807) is 0 Å². The van der Waals surface area contributed by atoms with Gasteiger partial charge in [-0.25, -0.2) is 0 Å². The van der Waals surface area contributed by atoms with Crippen LogP contribution in [0.1, 0.15) is 12.8 Å². The highest BCUT2D eigenvalue weighted by molar-refractivity contribution is 6.50. The quantitative estimate of drug-likeness (QED) is 0.549. The van der Waals surface area contributed by atoms with Crippen LogP contribution in [0.25, 0.3) is 0 Å². The molecular weight excluding hydrogens is 156 g/mol. The first-order chi connectivity index (χ1) is 2.21. The molecule has 7 heavy (non-hydrogen) atoms. The van der Waals surface area contributed by atoms with E-state index in [0.29, 0.717) is 0 Å². The molecule has 46 valence electrons. The van der Waals surface area contributed by atoms with Crippen LogP contribution < -0.4 is 6.15 Å². The van der Waals surface area contributed by atoms with Crippen molar-refractivity contribution in [3.63, 3.8) is 0 Å². The van der Waals surface area contributed by atoms with Gasteiger partial charge in [-0.1, -0.05) is 0 Å². The maximum Gasteiger partial charge on any atom is 0.118 e. The Labute approximate surface area is 59.4 Å². The molecule has 1 nitrogen and oxygen atoms in total. The molecule has 4 heteroatoms. The van der Waals surface area contributed by atoms with Crippen LogP contribution in [0.15, 0.2) is 0 Å². The summed E-state index contributed by atoms with van der Waals surface area (Å²) < 4.78 is -0.306. The highest BCUT2D eigenvalue weighted by Gasteiger charge is 2.37. The minimum Gasteiger partial charge on any atom is -0.344 e. The summed E-state index contributed by atoms with van der Waals surface area (Å²) >= 11 is 10.8. The second-order valence-corrected chi connectivity index (χ2v) is 3.00. The van der Waals surface area contributed by atoms with E-state index in [0.717, 1.165) is 12.8 Å². The summed E-state index contributed by atoms with van der Waals surface area (Å²) in [6, 6.07) is 0. The summed E-state index contributed by atoms with van der Waals surface area (Å²) in [5.41, 5.74) is 0.